The standard InChI is InChI=1S/C16H12F2N4O/c17-12-7-4-8-13(18)15(12)19-16(23)14-10-22(21-20-14)9-11-5-2-1-3-6-11/h1-8,10H,9H2,(H,19,23). The van der Waals surface area contributed by atoms with Gasteiger partial charge in [0.1, 0.15) is 17.3 Å². The molecule has 3 rings (SSSR count). The number of anilines is 1. The molecule has 0 bridgehead atoms. The maximum Gasteiger partial charge on any atom is 0.277 e. The third kappa shape index (κ3) is 3.39. The van der Waals surface area contributed by atoms with Crippen molar-refractivity contribution in [3.05, 3.63) is 77.6 Å². The summed E-state index contributed by atoms with van der Waals surface area (Å²) in [7, 11) is 0. The molecule has 0 saturated heterocycles. The highest BCUT2D eigenvalue weighted by Crippen LogP contribution is 2.18. The Bertz CT molecular complexity index is 813. The Hall–Kier alpha value is -3.09. The number of benzene rings is 2. The van der Waals surface area contributed by atoms with Gasteiger partial charge in [-0.2, -0.15) is 0 Å². The Morgan fingerprint density at radius 2 is 1.74 bits per heavy atom. The van der Waals surface area contributed by atoms with Crippen molar-refractivity contribution in [2.45, 2.75) is 6.54 Å². The van der Waals surface area contributed by atoms with Crippen molar-refractivity contribution in [2.24, 2.45) is 0 Å². The van der Waals surface area contributed by atoms with Gasteiger partial charge in [-0.25, -0.2) is 13.5 Å². The molecule has 2 aromatic carbocycles. The number of halogens is 2. The number of carbonyl (C=O) groups is 1. The molecule has 0 aliphatic rings. The van der Waals surface area contributed by atoms with Crippen molar-refractivity contribution in [1.29, 1.82) is 0 Å². The number of rotatable bonds is 4. The van der Waals surface area contributed by atoms with Crippen LogP contribution in [0.3, 0.4) is 0 Å². The molecular formula is C16H12F2N4O. The molecule has 23 heavy (non-hydrogen) atoms. The minimum Gasteiger partial charge on any atom is -0.316 e. The van der Waals surface area contributed by atoms with Crippen LogP contribution in [0.15, 0.2) is 54.7 Å². The summed E-state index contributed by atoms with van der Waals surface area (Å²) in [4.78, 5) is 12.0. The van der Waals surface area contributed by atoms with Gasteiger partial charge in [0, 0.05) is 0 Å². The molecule has 5 nitrogen and oxygen atoms in total. The first-order chi connectivity index (χ1) is 11.1. The van der Waals surface area contributed by atoms with E-state index in [0.29, 0.717) is 6.54 Å². The van der Waals surface area contributed by atoms with Crippen LogP contribution < -0.4 is 5.32 Å². The van der Waals surface area contributed by atoms with Crippen molar-refractivity contribution < 1.29 is 13.6 Å². The topological polar surface area (TPSA) is 59.8 Å². The fourth-order valence-corrected chi connectivity index (χ4v) is 2.05. The Morgan fingerprint density at radius 3 is 2.43 bits per heavy atom. The summed E-state index contributed by atoms with van der Waals surface area (Å²) >= 11 is 0. The normalized spacial score (nSPS) is 10.5. The Labute approximate surface area is 130 Å². The van der Waals surface area contributed by atoms with E-state index >= 15 is 0 Å². The molecule has 0 atom stereocenters. The second-order valence-corrected chi connectivity index (χ2v) is 4.84. The molecule has 0 spiro atoms. The molecule has 1 N–H and O–H groups in total. The number of nitrogens with one attached hydrogen (secondary N) is 1. The highest BCUT2D eigenvalue weighted by Gasteiger charge is 2.16. The predicted molar refractivity (Wildman–Crippen MR) is 79.9 cm³/mol. The average molecular weight is 314 g/mol. The van der Waals surface area contributed by atoms with Crippen molar-refractivity contribution in [3.63, 3.8) is 0 Å². The van der Waals surface area contributed by atoms with E-state index in [4.69, 9.17) is 0 Å². The molecular weight excluding hydrogens is 302 g/mol. The minimum absolute atomic E-state index is 0.0245. The van der Waals surface area contributed by atoms with Crippen LogP contribution in [0.5, 0.6) is 0 Å². The SMILES string of the molecule is O=C(Nc1c(F)cccc1F)c1cn(Cc2ccccc2)nn1. The maximum absolute atomic E-state index is 13.5. The van der Waals surface area contributed by atoms with E-state index in [1.165, 1.54) is 16.9 Å². The van der Waals surface area contributed by atoms with Gasteiger partial charge in [0.2, 0.25) is 0 Å². The summed E-state index contributed by atoms with van der Waals surface area (Å²) in [6, 6.07) is 12.8. The molecule has 3 aromatic rings. The fraction of sp³-hybridized carbons (Fsp3) is 0.0625. The number of amides is 1. The molecule has 1 aromatic heterocycles. The minimum atomic E-state index is -0.852. The van der Waals surface area contributed by atoms with Crippen LogP contribution in [0.1, 0.15) is 16.1 Å². The van der Waals surface area contributed by atoms with E-state index in [1.807, 2.05) is 30.3 Å². The number of para-hydroxylation sites is 1. The quantitative estimate of drug-likeness (QED) is 0.805. The average Bonchev–Trinajstić information content (AvgIpc) is 3.00. The molecule has 0 radical (unpaired) electrons. The van der Waals surface area contributed by atoms with Gasteiger partial charge < -0.3 is 5.32 Å². The van der Waals surface area contributed by atoms with E-state index in [-0.39, 0.29) is 5.69 Å². The lowest BCUT2D eigenvalue weighted by Gasteiger charge is -2.05. The van der Waals surface area contributed by atoms with E-state index in [9.17, 15) is 13.6 Å². The predicted octanol–water partition coefficient (Wildman–Crippen LogP) is 2.86. The van der Waals surface area contributed by atoms with Crippen LogP contribution in [0.25, 0.3) is 0 Å². The lowest BCUT2D eigenvalue weighted by Crippen LogP contribution is -2.14. The monoisotopic (exact) mass is 314 g/mol. The third-order valence-corrected chi connectivity index (χ3v) is 3.16. The van der Waals surface area contributed by atoms with Crippen LogP contribution in [-0.2, 0) is 6.54 Å². The zero-order valence-electron chi connectivity index (χ0n) is 11.9. The van der Waals surface area contributed by atoms with Gasteiger partial charge >= 0.3 is 0 Å². The first-order valence-electron chi connectivity index (χ1n) is 6.83. The van der Waals surface area contributed by atoms with E-state index in [1.54, 1.807) is 0 Å². The van der Waals surface area contributed by atoms with Crippen LogP contribution >= 0.6 is 0 Å². The van der Waals surface area contributed by atoms with Gasteiger partial charge in [-0.05, 0) is 17.7 Å². The van der Waals surface area contributed by atoms with Crippen molar-refractivity contribution in [1.82, 2.24) is 15.0 Å². The van der Waals surface area contributed by atoms with Crippen LogP contribution in [0.2, 0.25) is 0 Å². The third-order valence-electron chi connectivity index (χ3n) is 3.16. The molecule has 7 heteroatoms. The highest BCUT2D eigenvalue weighted by molar-refractivity contribution is 6.02. The molecule has 1 amide bonds. The molecule has 0 unspecified atom stereocenters. The first kappa shape index (κ1) is 14.8. The van der Waals surface area contributed by atoms with Gasteiger partial charge in [0.15, 0.2) is 5.69 Å². The summed E-state index contributed by atoms with van der Waals surface area (Å²) in [6.07, 6.45) is 1.42. The first-order valence-corrected chi connectivity index (χ1v) is 6.83. The van der Waals surface area contributed by atoms with Crippen LogP contribution in [0.4, 0.5) is 14.5 Å². The van der Waals surface area contributed by atoms with Crippen molar-refractivity contribution in [3.8, 4) is 0 Å². The summed E-state index contributed by atoms with van der Waals surface area (Å²) in [6.45, 7) is 0.440. The van der Waals surface area contributed by atoms with Gasteiger partial charge in [-0.1, -0.05) is 41.6 Å². The molecule has 0 fully saturated rings. The number of hydrogen-bond acceptors (Lipinski definition) is 3. The number of carbonyl (C=O) groups excluding carboxylic acids is 1. The van der Waals surface area contributed by atoms with Crippen molar-refractivity contribution in [2.75, 3.05) is 5.32 Å². The molecule has 0 aliphatic carbocycles. The second-order valence-electron chi connectivity index (χ2n) is 4.84. The highest BCUT2D eigenvalue weighted by atomic mass is 19.1. The van der Waals surface area contributed by atoms with E-state index < -0.39 is 23.2 Å². The Morgan fingerprint density at radius 1 is 1.04 bits per heavy atom. The van der Waals surface area contributed by atoms with E-state index in [2.05, 4.69) is 15.6 Å². The smallest absolute Gasteiger partial charge is 0.277 e. The summed E-state index contributed by atoms with van der Waals surface area (Å²) < 4.78 is 28.5. The van der Waals surface area contributed by atoms with Crippen LogP contribution in [-0.4, -0.2) is 20.9 Å². The van der Waals surface area contributed by atoms with Gasteiger partial charge in [-0.3, -0.25) is 4.79 Å². The molecule has 116 valence electrons. The summed E-state index contributed by atoms with van der Waals surface area (Å²) in [5, 5.41) is 9.73. The Kier molecular flexibility index (Phi) is 4.09. The molecule has 0 aliphatic heterocycles. The van der Waals surface area contributed by atoms with E-state index in [0.717, 1.165) is 17.7 Å². The van der Waals surface area contributed by atoms with Gasteiger partial charge in [-0.15, -0.1) is 5.10 Å². The molecule has 1 heterocycles. The van der Waals surface area contributed by atoms with Gasteiger partial charge in [0.05, 0.1) is 12.7 Å². The van der Waals surface area contributed by atoms with Crippen molar-refractivity contribution >= 4 is 11.6 Å². The number of aromatic nitrogens is 3. The molecule has 0 saturated carbocycles. The largest absolute Gasteiger partial charge is 0.316 e. The lowest BCUT2D eigenvalue weighted by atomic mass is 10.2. The summed E-state index contributed by atoms with van der Waals surface area (Å²) in [5.74, 6) is -2.43. The summed E-state index contributed by atoms with van der Waals surface area (Å²) in [5.41, 5.74) is 0.461. The van der Waals surface area contributed by atoms with Gasteiger partial charge in [0.25, 0.3) is 5.91 Å². The zero-order chi connectivity index (χ0) is 16.2. The Balaban J connectivity index is 1.74. The van der Waals surface area contributed by atoms with Crippen LogP contribution in [0, 0.1) is 11.6 Å². The fourth-order valence-electron chi connectivity index (χ4n) is 2.05. The second kappa shape index (κ2) is 6.35. The number of nitrogens with zero attached hydrogens (tertiary/aromatic N) is 3. The lowest BCUT2D eigenvalue weighted by molar-refractivity contribution is 0.102. The zero-order valence-corrected chi connectivity index (χ0v) is 11.9. The maximum atomic E-state index is 13.5. The number of hydrogen-bond donors (Lipinski definition) is 1.